The average Bonchev–Trinajstić information content (AvgIpc) is 2.96. The molecule has 0 aliphatic carbocycles. The van der Waals surface area contributed by atoms with Crippen molar-refractivity contribution in [2.24, 2.45) is 10.2 Å². The molecule has 0 heterocycles. The van der Waals surface area contributed by atoms with Gasteiger partial charge in [-0.1, -0.05) is 24.3 Å². The lowest BCUT2D eigenvalue weighted by Gasteiger charge is -2.16. The Kier molecular flexibility index (Phi) is 7.46. The lowest BCUT2D eigenvalue weighted by molar-refractivity contribution is 0.102. The zero-order valence-corrected chi connectivity index (χ0v) is 20.8. The number of amides is 1. The van der Waals surface area contributed by atoms with Crippen LogP contribution in [0, 0.1) is 0 Å². The van der Waals surface area contributed by atoms with Crippen molar-refractivity contribution in [2.45, 2.75) is 0 Å². The number of nitrogens with two attached hydrogens (primary N) is 2. The summed E-state index contributed by atoms with van der Waals surface area (Å²) in [5.41, 5.74) is 15.0. The molecule has 0 saturated heterocycles. The minimum Gasteiger partial charge on any atom is -0.456 e. The summed E-state index contributed by atoms with van der Waals surface area (Å²) in [5.74, 6) is 1.27. The average molecular weight is 516 g/mol. The zero-order valence-electron chi connectivity index (χ0n) is 20.8. The molecule has 0 spiro atoms. The molecule has 0 fully saturated rings. The Morgan fingerprint density at radius 2 is 1.05 bits per heavy atom. The summed E-state index contributed by atoms with van der Waals surface area (Å²) >= 11 is 0. The number of benzene rings is 5. The molecule has 192 valence electrons. The maximum atomic E-state index is 13.6. The fourth-order valence-electron chi connectivity index (χ4n) is 3.65. The van der Waals surface area contributed by atoms with E-state index in [4.69, 9.17) is 20.9 Å². The molecule has 5 aromatic rings. The van der Waals surface area contributed by atoms with Gasteiger partial charge >= 0.3 is 0 Å². The maximum Gasteiger partial charge on any atom is 0.263 e. The van der Waals surface area contributed by atoms with Crippen molar-refractivity contribution in [1.82, 2.24) is 0 Å². The number of carbonyl (C=O) groups excluding carboxylic acids is 1. The van der Waals surface area contributed by atoms with E-state index < -0.39 is 5.91 Å². The molecule has 0 aromatic heterocycles. The summed E-state index contributed by atoms with van der Waals surface area (Å²) in [6.45, 7) is 0. The lowest BCUT2D eigenvalue weighted by atomic mass is 10.1. The number of nitrogens with one attached hydrogen (secondary N) is 1. The van der Waals surface area contributed by atoms with Crippen molar-refractivity contribution >= 4 is 34.3 Å². The van der Waals surface area contributed by atoms with Crippen LogP contribution in [0.1, 0.15) is 10.4 Å². The normalized spacial score (nSPS) is 10.8. The molecule has 0 aliphatic rings. The number of nitrogens with zero attached hydrogens (tertiary/aromatic N) is 2. The highest BCUT2D eigenvalue weighted by molar-refractivity contribution is 6.08. The van der Waals surface area contributed by atoms with E-state index in [1.54, 1.807) is 91.0 Å². The molecule has 8 nitrogen and oxygen atoms in total. The number of nitrogen functional groups attached to an aromatic ring is 2. The number of hydrogen-bond acceptors (Lipinski definition) is 7. The Hall–Kier alpha value is -5.63. The summed E-state index contributed by atoms with van der Waals surface area (Å²) < 4.78 is 12.1. The van der Waals surface area contributed by atoms with E-state index in [0.717, 1.165) is 5.69 Å². The van der Waals surface area contributed by atoms with Crippen LogP contribution < -0.4 is 26.3 Å². The van der Waals surface area contributed by atoms with Gasteiger partial charge in [0.25, 0.3) is 5.91 Å². The van der Waals surface area contributed by atoms with Gasteiger partial charge < -0.3 is 26.3 Å². The Bertz CT molecular complexity index is 1520. The van der Waals surface area contributed by atoms with Crippen molar-refractivity contribution in [1.29, 1.82) is 0 Å². The molecule has 5 N–H and O–H groups in total. The minimum absolute atomic E-state index is 0.221. The molecule has 0 bridgehead atoms. The first-order valence-corrected chi connectivity index (χ1v) is 12.1. The fraction of sp³-hybridized carbons (Fsp3) is 0. The molecule has 39 heavy (non-hydrogen) atoms. The van der Waals surface area contributed by atoms with Crippen LogP contribution in [-0.4, -0.2) is 5.91 Å². The van der Waals surface area contributed by atoms with Crippen LogP contribution in [0.4, 0.5) is 28.4 Å². The minimum atomic E-state index is -0.412. The van der Waals surface area contributed by atoms with Crippen molar-refractivity contribution in [2.75, 3.05) is 16.8 Å². The second-order valence-electron chi connectivity index (χ2n) is 8.51. The molecule has 5 rings (SSSR count). The number of azo groups is 1. The lowest BCUT2D eigenvalue weighted by Crippen LogP contribution is -2.14. The zero-order chi connectivity index (χ0) is 27.0. The Morgan fingerprint density at radius 1 is 0.564 bits per heavy atom. The summed E-state index contributed by atoms with van der Waals surface area (Å²) in [5, 5.41) is 11.4. The number of hydrogen-bond donors (Lipinski definition) is 3. The molecule has 0 saturated carbocycles. The van der Waals surface area contributed by atoms with Crippen LogP contribution in [0.2, 0.25) is 0 Å². The van der Waals surface area contributed by atoms with E-state index in [-0.39, 0.29) is 5.56 Å². The smallest absolute Gasteiger partial charge is 0.263 e. The predicted molar refractivity (Wildman–Crippen MR) is 153 cm³/mol. The molecule has 0 radical (unpaired) electrons. The molecular formula is C31H25N5O3. The standard InChI is InChI=1S/C31H25N5O3/c32-21-9-17-26(18-10-21)38-28-7-4-8-29(39-27-19-11-22(33)12-20-27)30(28)31(37)34-23-13-15-25(16-14-23)36-35-24-5-2-1-3-6-24/h1-20H,32-33H2,(H,34,37). The molecule has 0 atom stereocenters. The maximum absolute atomic E-state index is 13.6. The number of rotatable bonds is 8. The Balaban J connectivity index is 1.41. The molecule has 8 heteroatoms. The van der Waals surface area contributed by atoms with Crippen molar-refractivity contribution in [3.05, 3.63) is 127 Å². The quantitative estimate of drug-likeness (QED) is 0.142. The van der Waals surface area contributed by atoms with Gasteiger partial charge in [-0.3, -0.25) is 4.79 Å². The van der Waals surface area contributed by atoms with Crippen LogP contribution in [0.25, 0.3) is 0 Å². The van der Waals surface area contributed by atoms with Gasteiger partial charge in [0, 0.05) is 17.1 Å². The van der Waals surface area contributed by atoms with Gasteiger partial charge in [0.05, 0.1) is 11.4 Å². The molecule has 5 aromatic carbocycles. The van der Waals surface area contributed by atoms with E-state index in [9.17, 15) is 4.79 Å². The van der Waals surface area contributed by atoms with Gasteiger partial charge in [0.2, 0.25) is 0 Å². The van der Waals surface area contributed by atoms with Gasteiger partial charge in [-0.15, -0.1) is 0 Å². The van der Waals surface area contributed by atoms with Gasteiger partial charge in [0.15, 0.2) is 0 Å². The van der Waals surface area contributed by atoms with Crippen LogP contribution in [-0.2, 0) is 0 Å². The summed E-state index contributed by atoms with van der Waals surface area (Å²) in [6.07, 6.45) is 0. The summed E-state index contributed by atoms with van der Waals surface area (Å²) in [6, 6.07) is 35.4. The van der Waals surface area contributed by atoms with Crippen LogP contribution >= 0.6 is 0 Å². The van der Waals surface area contributed by atoms with E-state index in [1.165, 1.54) is 0 Å². The van der Waals surface area contributed by atoms with E-state index >= 15 is 0 Å². The largest absolute Gasteiger partial charge is 0.456 e. The van der Waals surface area contributed by atoms with Crippen LogP contribution in [0.15, 0.2) is 132 Å². The van der Waals surface area contributed by atoms with Gasteiger partial charge in [0.1, 0.15) is 28.6 Å². The number of anilines is 3. The van der Waals surface area contributed by atoms with Gasteiger partial charge in [-0.05, 0) is 97.1 Å². The molecule has 0 aliphatic heterocycles. The summed E-state index contributed by atoms with van der Waals surface area (Å²) in [7, 11) is 0. The van der Waals surface area contributed by atoms with Crippen LogP contribution in [0.5, 0.6) is 23.0 Å². The predicted octanol–water partition coefficient (Wildman–Crippen LogP) is 8.10. The summed E-state index contributed by atoms with van der Waals surface area (Å²) in [4.78, 5) is 13.6. The third-order valence-corrected chi connectivity index (χ3v) is 5.59. The number of ether oxygens (including phenoxy) is 2. The van der Waals surface area contributed by atoms with E-state index in [2.05, 4.69) is 15.5 Å². The highest BCUT2D eigenvalue weighted by Crippen LogP contribution is 2.36. The van der Waals surface area contributed by atoms with Crippen molar-refractivity contribution < 1.29 is 14.3 Å². The second kappa shape index (κ2) is 11.6. The Labute approximate surface area is 225 Å². The first-order valence-electron chi connectivity index (χ1n) is 12.1. The van der Waals surface area contributed by atoms with Crippen molar-refractivity contribution in [3.8, 4) is 23.0 Å². The molecular weight excluding hydrogens is 490 g/mol. The third-order valence-electron chi connectivity index (χ3n) is 5.59. The first kappa shape index (κ1) is 25.0. The van der Waals surface area contributed by atoms with Crippen molar-refractivity contribution in [3.63, 3.8) is 0 Å². The van der Waals surface area contributed by atoms with E-state index in [1.807, 2.05) is 30.3 Å². The van der Waals surface area contributed by atoms with Crippen LogP contribution in [0.3, 0.4) is 0 Å². The fourth-order valence-corrected chi connectivity index (χ4v) is 3.65. The third kappa shape index (κ3) is 6.58. The molecule has 1 amide bonds. The second-order valence-corrected chi connectivity index (χ2v) is 8.51. The van der Waals surface area contributed by atoms with Gasteiger partial charge in [-0.2, -0.15) is 10.2 Å². The topological polar surface area (TPSA) is 124 Å². The van der Waals surface area contributed by atoms with Gasteiger partial charge in [-0.25, -0.2) is 0 Å². The number of carbonyl (C=O) groups is 1. The SMILES string of the molecule is Nc1ccc(Oc2cccc(Oc3ccc(N)cc3)c2C(=O)Nc2ccc(N=Nc3ccccc3)cc2)cc1. The highest BCUT2D eigenvalue weighted by Gasteiger charge is 2.21. The first-order chi connectivity index (χ1) is 19.0. The molecule has 0 unspecified atom stereocenters. The Morgan fingerprint density at radius 3 is 1.56 bits per heavy atom. The monoisotopic (exact) mass is 515 g/mol. The highest BCUT2D eigenvalue weighted by atomic mass is 16.5. The van der Waals surface area contributed by atoms with E-state index in [0.29, 0.717) is 45.7 Å².